The fourth-order valence-electron chi connectivity index (χ4n) is 5.20. The lowest BCUT2D eigenvalue weighted by atomic mass is 9.76. The van der Waals surface area contributed by atoms with E-state index in [9.17, 15) is 9.59 Å². The van der Waals surface area contributed by atoms with Crippen LogP contribution in [0.2, 0.25) is 0 Å². The summed E-state index contributed by atoms with van der Waals surface area (Å²) < 4.78 is 6.66. The molecule has 3 rings (SSSR count). The summed E-state index contributed by atoms with van der Waals surface area (Å²) in [4.78, 5) is 23.1. The molecular weight excluding hydrogens is 486 g/mol. The molecule has 1 unspecified atom stereocenters. The molecule has 0 heterocycles. The van der Waals surface area contributed by atoms with Gasteiger partial charge in [-0.15, -0.1) is 0 Å². The number of aliphatic carboxylic acids is 1. The van der Waals surface area contributed by atoms with Crippen molar-refractivity contribution in [3.63, 3.8) is 0 Å². The first kappa shape index (κ1) is 29.9. The lowest BCUT2D eigenvalue weighted by molar-refractivity contribution is -0.136. The number of rotatable bonds is 13. The third-order valence-electron chi connectivity index (χ3n) is 7.02. The second kappa shape index (κ2) is 14.0. The second-order valence-electron chi connectivity index (χ2n) is 11.2. The standard InChI is InChI=1S/C34H43NO4/c1-6-7-8-12-15-30(39-27-18-16-26(17-19-27)33(38)35-23-22-31(36)37)29-21-20-28(25-13-10-9-11-14-25)24(2)32(29)34(3,4)5/h9-11,13-14,16-21,30H,6-8,12,15,22-23H2,1-5H3,(H,35,38)(H,36,37). The predicted molar refractivity (Wildman–Crippen MR) is 158 cm³/mol. The van der Waals surface area contributed by atoms with E-state index in [0.717, 1.165) is 19.3 Å². The molecule has 0 aromatic heterocycles. The second-order valence-corrected chi connectivity index (χ2v) is 11.2. The zero-order chi connectivity index (χ0) is 28.4. The van der Waals surface area contributed by atoms with E-state index in [1.165, 1.54) is 40.7 Å². The van der Waals surface area contributed by atoms with E-state index in [-0.39, 0.29) is 30.4 Å². The Morgan fingerprint density at radius 1 is 0.923 bits per heavy atom. The van der Waals surface area contributed by atoms with E-state index in [4.69, 9.17) is 9.84 Å². The van der Waals surface area contributed by atoms with Gasteiger partial charge in [-0.05, 0) is 77.3 Å². The maximum Gasteiger partial charge on any atom is 0.305 e. The molecule has 39 heavy (non-hydrogen) atoms. The number of ether oxygens (including phenoxy) is 1. The molecule has 3 aromatic rings. The van der Waals surface area contributed by atoms with Gasteiger partial charge in [0.15, 0.2) is 0 Å². The molecule has 0 saturated heterocycles. The van der Waals surface area contributed by atoms with Crippen molar-refractivity contribution in [1.29, 1.82) is 0 Å². The van der Waals surface area contributed by atoms with Crippen molar-refractivity contribution in [3.8, 4) is 16.9 Å². The van der Waals surface area contributed by atoms with Crippen molar-refractivity contribution in [2.75, 3.05) is 6.54 Å². The number of benzene rings is 3. The highest BCUT2D eigenvalue weighted by molar-refractivity contribution is 5.94. The fourth-order valence-corrected chi connectivity index (χ4v) is 5.20. The molecule has 208 valence electrons. The lowest BCUT2D eigenvalue weighted by Gasteiger charge is -2.31. The molecule has 5 heteroatoms. The van der Waals surface area contributed by atoms with Crippen LogP contribution < -0.4 is 10.1 Å². The van der Waals surface area contributed by atoms with Crippen LogP contribution in [-0.2, 0) is 10.2 Å². The Labute approximate surface area is 233 Å². The minimum Gasteiger partial charge on any atom is -0.486 e. The van der Waals surface area contributed by atoms with Gasteiger partial charge in [0.25, 0.3) is 5.91 Å². The average Bonchev–Trinajstić information content (AvgIpc) is 2.90. The number of hydrogen-bond donors (Lipinski definition) is 2. The summed E-state index contributed by atoms with van der Waals surface area (Å²) in [7, 11) is 0. The molecule has 0 aliphatic carbocycles. The molecule has 0 radical (unpaired) electrons. The summed E-state index contributed by atoms with van der Waals surface area (Å²) in [6, 6.07) is 22.1. The van der Waals surface area contributed by atoms with Crippen molar-refractivity contribution in [2.45, 2.75) is 84.7 Å². The van der Waals surface area contributed by atoms with Crippen LogP contribution in [-0.4, -0.2) is 23.5 Å². The van der Waals surface area contributed by atoms with Gasteiger partial charge in [-0.1, -0.05) is 89.4 Å². The summed E-state index contributed by atoms with van der Waals surface area (Å²) >= 11 is 0. The van der Waals surface area contributed by atoms with Crippen LogP contribution in [0, 0.1) is 6.92 Å². The van der Waals surface area contributed by atoms with E-state index in [2.05, 4.69) is 76.3 Å². The largest absolute Gasteiger partial charge is 0.486 e. The SMILES string of the molecule is CCCCCCC(Oc1ccc(C(=O)NCCC(=O)O)cc1)c1ccc(-c2ccccc2)c(C)c1C(C)(C)C. The Kier molecular flexibility index (Phi) is 10.7. The van der Waals surface area contributed by atoms with Gasteiger partial charge in [0, 0.05) is 12.1 Å². The highest BCUT2D eigenvalue weighted by atomic mass is 16.5. The van der Waals surface area contributed by atoms with Crippen LogP contribution >= 0.6 is 0 Å². The van der Waals surface area contributed by atoms with E-state index in [1.54, 1.807) is 12.1 Å². The first-order valence-electron chi connectivity index (χ1n) is 14.1. The van der Waals surface area contributed by atoms with E-state index in [0.29, 0.717) is 11.3 Å². The van der Waals surface area contributed by atoms with Gasteiger partial charge >= 0.3 is 5.97 Å². The third-order valence-corrected chi connectivity index (χ3v) is 7.02. The maximum absolute atomic E-state index is 12.4. The first-order chi connectivity index (χ1) is 18.6. The lowest BCUT2D eigenvalue weighted by Crippen LogP contribution is -2.25. The Hall–Kier alpha value is -3.60. The molecule has 0 spiro atoms. The molecule has 0 saturated carbocycles. The van der Waals surface area contributed by atoms with Crippen LogP contribution in [0.1, 0.15) is 99.4 Å². The van der Waals surface area contributed by atoms with E-state index in [1.807, 2.05) is 18.2 Å². The van der Waals surface area contributed by atoms with Crippen LogP contribution in [0.15, 0.2) is 66.7 Å². The van der Waals surface area contributed by atoms with Crippen molar-refractivity contribution < 1.29 is 19.4 Å². The van der Waals surface area contributed by atoms with Gasteiger partial charge in [-0.2, -0.15) is 0 Å². The quantitative estimate of drug-likeness (QED) is 0.219. The number of carbonyl (C=O) groups is 2. The van der Waals surface area contributed by atoms with Crippen LogP contribution in [0.5, 0.6) is 5.75 Å². The molecule has 1 amide bonds. The Bertz CT molecular complexity index is 1230. The fraction of sp³-hybridized carbons (Fsp3) is 0.412. The highest BCUT2D eigenvalue weighted by Gasteiger charge is 2.27. The molecule has 0 fully saturated rings. The van der Waals surface area contributed by atoms with Crippen LogP contribution in [0.25, 0.3) is 11.1 Å². The predicted octanol–water partition coefficient (Wildman–Crippen LogP) is 8.25. The molecule has 0 aliphatic rings. The summed E-state index contributed by atoms with van der Waals surface area (Å²) in [5, 5.41) is 11.4. The summed E-state index contributed by atoms with van der Waals surface area (Å²) in [5.74, 6) is -0.519. The number of amides is 1. The Morgan fingerprint density at radius 3 is 2.23 bits per heavy atom. The number of hydrogen-bond acceptors (Lipinski definition) is 3. The smallest absolute Gasteiger partial charge is 0.305 e. The van der Waals surface area contributed by atoms with Crippen molar-refractivity contribution in [1.82, 2.24) is 5.32 Å². The highest BCUT2D eigenvalue weighted by Crippen LogP contribution is 2.40. The molecule has 0 aliphatic heterocycles. The van der Waals surface area contributed by atoms with Crippen molar-refractivity contribution in [2.24, 2.45) is 0 Å². The number of carboxylic acid groups (broad SMARTS) is 1. The minimum absolute atomic E-state index is 0.0763. The molecule has 1 atom stereocenters. The molecule has 2 N–H and O–H groups in total. The van der Waals surface area contributed by atoms with Gasteiger partial charge in [-0.25, -0.2) is 0 Å². The summed E-state index contributed by atoms with van der Waals surface area (Å²) in [6.07, 6.45) is 5.31. The number of nitrogens with one attached hydrogen (secondary N) is 1. The maximum atomic E-state index is 12.4. The van der Waals surface area contributed by atoms with Crippen molar-refractivity contribution >= 4 is 11.9 Å². The Balaban J connectivity index is 1.92. The van der Waals surface area contributed by atoms with Crippen molar-refractivity contribution in [3.05, 3.63) is 89.0 Å². The first-order valence-corrected chi connectivity index (χ1v) is 14.1. The topological polar surface area (TPSA) is 75.6 Å². The Morgan fingerprint density at radius 2 is 1.62 bits per heavy atom. The van der Waals surface area contributed by atoms with E-state index < -0.39 is 5.97 Å². The number of carbonyl (C=O) groups excluding carboxylic acids is 1. The molecule has 3 aromatic carbocycles. The zero-order valence-electron chi connectivity index (χ0n) is 24.0. The minimum atomic E-state index is -0.939. The number of carboxylic acids is 1. The van der Waals surface area contributed by atoms with Gasteiger partial charge in [0.05, 0.1) is 6.42 Å². The van der Waals surface area contributed by atoms with Crippen LogP contribution in [0.3, 0.4) is 0 Å². The average molecular weight is 530 g/mol. The molecule has 5 nitrogen and oxygen atoms in total. The number of unbranched alkanes of at least 4 members (excludes halogenated alkanes) is 3. The molecule has 0 bridgehead atoms. The monoisotopic (exact) mass is 529 g/mol. The van der Waals surface area contributed by atoms with Gasteiger partial charge in [-0.3, -0.25) is 9.59 Å². The van der Waals surface area contributed by atoms with Crippen LogP contribution in [0.4, 0.5) is 0 Å². The zero-order valence-corrected chi connectivity index (χ0v) is 24.0. The summed E-state index contributed by atoms with van der Waals surface area (Å²) in [5.41, 5.74) is 6.67. The molecular formula is C34H43NO4. The summed E-state index contributed by atoms with van der Waals surface area (Å²) in [6.45, 7) is 11.3. The van der Waals surface area contributed by atoms with E-state index >= 15 is 0 Å². The van der Waals surface area contributed by atoms with Gasteiger partial charge in [0.2, 0.25) is 0 Å². The van der Waals surface area contributed by atoms with Gasteiger partial charge in [0.1, 0.15) is 11.9 Å². The third kappa shape index (κ3) is 8.44. The normalized spacial score (nSPS) is 12.1. The van der Waals surface area contributed by atoms with Gasteiger partial charge < -0.3 is 15.2 Å².